The van der Waals surface area contributed by atoms with Crippen LogP contribution in [0.2, 0.25) is 0 Å². The second kappa shape index (κ2) is 7.29. The number of benzene rings is 1. The second-order valence-electron chi connectivity index (χ2n) is 5.60. The van der Waals surface area contributed by atoms with E-state index in [0.29, 0.717) is 6.04 Å². The van der Waals surface area contributed by atoms with E-state index in [-0.39, 0.29) is 0 Å². The molecule has 21 heavy (non-hydrogen) atoms. The topological polar surface area (TPSA) is 41.0 Å². The molecule has 1 unspecified atom stereocenters. The molecule has 0 spiro atoms. The summed E-state index contributed by atoms with van der Waals surface area (Å²) in [5, 5.41) is 3.59. The van der Waals surface area contributed by atoms with Gasteiger partial charge in [0.2, 0.25) is 0 Å². The van der Waals surface area contributed by atoms with Gasteiger partial charge in [0, 0.05) is 31.9 Å². The summed E-state index contributed by atoms with van der Waals surface area (Å²) in [5.41, 5.74) is 2.49. The molecule has 0 aliphatic carbocycles. The highest BCUT2D eigenvalue weighted by Gasteiger charge is 2.21. The molecule has 1 aliphatic rings. The van der Waals surface area contributed by atoms with Crippen LogP contribution in [0.1, 0.15) is 17.7 Å². The summed E-state index contributed by atoms with van der Waals surface area (Å²) in [7, 11) is 0. The van der Waals surface area contributed by atoms with Gasteiger partial charge in [0.05, 0.1) is 5.69 Å². The van der Waals surface area contributed by atoms with Crippen LogP contribution in [0.5, 0.6) is 0 Å². The van der Waals surface area contributed by atoms with Gasteiger partial charge in [-0.2, -0.15) is 0 Å². The number of nitrogens with one attached hydrogen (secondary N) is 1. The summed E-state index contributed by atoms with van der Waals surface area (Å²) in [4.78, 5) is 10.7. The lowest BCUT2D eigenvalue weighted by molar-refractivity contribution is 0.331. The molecule has 2 heterocycles. The maximum atomic E-state index is 4.25. The Kier molecular flexibility index (Phi) is 4.92. The predicted molar refractivity (Wildman–Crippen MR) is 83.9 cm³/mol. The van der Waals surface area contributed by atoms with Crippen LogP contribution in [0, 0.1) is 0 Å². The average molecular weight is 282 g/mol. The van der Waals surface area contributed by atoms with Gasteiger partial charge in [-0.05, 0) is 31.0 Å². The van der Waals surface area contributed by atoms with Crippen molar-refractivity contribution in [2.45, 2.75) is 25.4 Å². The molecule has 0 radical (unpaired) electrons. The summed E-state index contributed by atoms with van der Waals surface area (Å²) in [6.07, 6.45) is 5.77. The van der Waals surface area contributed by atoms with E-state index in [4.69, 9.17) is 0 Å². The molecule has 1 aromatic carbocycles. The fraction of sp³-hybridized carbons (Fsp3) is 0.412. The van der Waals surface area contributed by atoms with Gasteiger partial charge in [-0.15, -0.1) is 0 Å². The van der Waals surface area contributed by atoms with Crippen LogP contribution in [0.25, 0.3) is 0 Å². The molecule has 1 saturated heterocycles. The molecule has 2 aromatic rings. The predicted octanol–water partition coefficient (Wildman–Crippen LogP) is 1.88. The first-order chi connectivity index (χ1) is 10.4. The van der Waals surface area contributed by atoms with Crippen molar-refractivity contribution in [3.8, 4) is 0 Å². The SMILES string of the molecule is c1ccc(CCN2CCC(NCc3ccncn3)C2)cc1. The minimum Gasteiger partial charge on any atom is -0.307 e. The largest absolute Gasteiger partial charge is 0.307 e. The highest BCUT2D eigenvalue weighted by atomic mass is 15.2. The summed E-state index contributed by atoms with van der Waals surface area (Å²) in [6.45, 7) is 4.31. The van der Waals surface area contributed by atoms with Crippen LogP contribution in [0.15, 0.2) is 48.9 Å². The van der Waals surface area contributed by atoms with E-state index >= 15 is 0 Å². The zero-order valence-corrected chi connectivity index (χ0v) is 12.3. The Morgan fingerprint density at radius 2 is 2.10 bits per heavy atom. The summed E-state index contributed by atoms with van der Waals surface area (Å²) in [5.74, 6) is 0. The van der Waals surface area contributed by atoms with Gasteiger partial charge in [-0.3, -0.25) is 0 Å². The monoisotopic (exact) mass is 282 g/mol. The normalized spacial score (nSPS) is 19.0. The minimum atomic E-state index is 0.579. The van der Waals surface area contributed by atoms with Gasteiger partial charge < -0.3 is 10.2 Å². The Bertz CT molecular complexity index is 480. The Morgan fingerprint density at radius 3 is 2.90 bits per heavy atom. The van der Waals surface area contributed by atoms with Crippen molar-refractivity contribution in [1.29, 1.82) is 0 Å². The van der Waals surface area contributed by atoms with Crippen LogP contribution >= 0.6 is 0 Å². The lowest BCUT2D eigenvalue weighted by atomic mass is 10.1. The molecule has 4 heteroatoms. The zero-order valence-electron chi connectivity index (χ0n) is 12.3. The van der Waals surface area contributed by atoms with Crippen LogP contribution < -0.4 is 5.32 Å². The van der Waals surface area contributed by atoms with Crippen molar-refractivity contribution >= 4 is 0 Å². The van der Waals surface area contributed by atoms with Crippen LogP contribution in [-0.4, -0.2) is 40.5 Å². The maximum Gasteiger partial charge on any atom is 0.115 e. The smallest absolute Gasteiger partial charge is 0.115 e. The third kappa shape index (κ3) is 4.34. The minimum absolute atomic E-state index is 0.579. The zero-order chi connectivity index (χ0) is 14.3. The highest BCUT2D eigenvalue weighted by molar-refractivity contribution is 5.14. The van der Waals surface area contributed by atoms with Crippen LogP contribution in [0.3, 0.4) is 0 Å². The average Bonchev–Trinajstić information content (AvgIpc) is 3.01. The Balaban J connectivity index is 1.39. The number of nitrogens with zero attached hydrogens (tertiary/aromatic N) is 3. The Hall–Kier alpha value is -1.78. The number of aromatic nitrogens is 2. The standard InChI is InChI=1S/C17H22N4/c1-2-4-15(5-3-1)7-10-21-11-8-17(13-21)19-12-16-6-9-18-14-20-16/h1-6,9,14,17,19H,7-8,10-13H2. The third-order valence-corrected chi connectivity index (χ3v) is 4.05. The van der Waals surface area contributed by atoms with Crippen molar-refractivity contribution in [3.63, 3.8) is 0 Å². The van der Waals surface area contributed by atoms with Crippen molar-refractivity contribution in [2.75, 3.05) is 19.6 Å². The van der Waals surface area contributed by atoms with Crippen LogP contribution in [-0.2, 0) is 13.0 Å². The van der Waals surface area contributed by atoms with E-state index in [9.17, 15) is 0 Å². The van der Waals surface area contributed by atoms with Gasteiger partial charge in [0.15, 0.2) is 0 Å². The summed E-state index contributed by atoms with van der Waals surface area (Å²) < 4.78 is 0. The van der Waals surface area contributed by atoms with Crippen molar-refractivity contribution in [2.24, 2.45) is 0 Å². The second-order valence-corrected chi connectivity index (χ2v) is 5.60. The molecule has 0 amide bonds. The van der Waals surface area contributed by atoms with E-state index in [2.05, 4.69) is 50.5 Å². The highest BCUT2D eigenvalue weighted by Crippen LogP contribution is 2.11. The van der Waals surface area contributed by atoms with Gasteiger partial charge >= 0.3 is 0 Å². The molecule has 1 aromatic heterocycles. The maximum absolute atomic E-state index is 4.25. The number of rotatable bonds is 6. The number of likely N-dealkylation sites (tertiary alicyclic amines) is 1. The molecule has 4 nitrogen and oxygen atoms in total. The fourth-order valence-electron chi connectivity index (χ4n) is 2.81. The van der Waals surface area contributed by atoms with E-state index in [0.717, 1.165) is 31.7 Å². The van der Waals surface area contributed by atoms with Gasteiger partial charge in [-0.1, -0.05) is 30.3 Å². The Labute approximate surface area is 126 Å². The van der Waals surface area contributed by atoms with Crippen molar-refractivity contribution in [1.82, 2.24) is 20.2 Å². The molecule has 0 bridgehead atoms. The van der Waals surface area contributed by atoms with E-state index in [1.807, 2.05) is 6.07 Å². The summed E-state index contributed by atoms with van der Waals surface area (Å²) in [6, 6.07) is 13.3. The molecule has 1 atom stereocenters. The van der Waals surface area contributed by atoms with Gasteiger partial charge in [0.25, 0.3) is 0 Å². The van der Waals surface area contributed by atoms with Crippen molar-refractivity contribution in [3.05, 3.63) is 60.2 Å². The molecule has 3 rings (SSSR count). The number of hydrogen-bond donors (Lipinski definition) is 1. The molecule has 0 saturated carbocycles. The quantitative estimate of drug-likeness (QED) is 0.878. The molecular weight excluding hydrogens is 260 g/mol. The lowest BCUT2D eigenvalue weighted by Crippen LogP contribution is -2.33. The fourth-order valence-corrected chi connectivity index (χ4v) is 2.81. The molecular formula is C17H22N4. The van der Waals surface area contributed by atoms with Crippen LogP contribution in [0.4, 0.5) is 0 Å². The van der Waals surface area contributed by atoms with E-state index in [1.165, 1.54) is 18.5 Å². The van der Waals surface area contributed by atoms with E-state index < -0.39 is 0 Å². The van der Waals surface area contributed by atoms with Crippen molar-refractivity contribution < 1.29 is 0 Å². The first-order valence-electron chi connectivity index (χ1n) is 7.65. The first kappa shape index (κ1) is 14.2. The first-order valence-corrected chi connectivity index (χ1v) is 7.65. The number of hydrogen-bond acceptors (Lipinski definition) is 4. The van der Waals surface area contributed by atoms with E-state index in [1.54, 1.807) is 12.5 Å². The third-order valence-electron chi connectivity index (χ3n) is 4.05. The Morgan fingerprint density at radius 1 is 1.19 bits per heavy atom. The lowest BCUT2D eigenvalue weighted by Gasteiger charge is -2.16. The molecule has 1 fully saturated rings. The van der Waals surface area contributed by atoms with Gasteiger partial charge in [0.1, 0.15) is 6.33 Å². The van der Waals surface area contributed by atoms with Gasteiger partial charge in [-0.25, -0.2) is 9.97 Å². The molecule has 1 aliphatic heterocycles. The molecule has 1 N–H and O–H groups in total. The summed E-state index contributed by atoms with van der Waals surface area (Å²) >= 11 is 0. The molecule has 110 valence electrons.